The molecule has 7 nitrogen and oxygen atoms in total. The fraction of sp³-hybridized carbons (Fsp3) is 0.526. The molecular formula is C19H28N4O3. The minimum absolute atomic E-state index is 0.425. The third-order valence-electron chi connectivity index (χ3n) is 4.75. The van der Waals surface area contributed by atoms with Crippen LogP contribution >= 0.6 is 0 Å². The highest BCUT2D eigenvalue weighted by Crippen LogP contribution is 2.33. The van der Waals surface area contributed by atoms with Gasteiger partial charge in [-0.1, -0.05) is 37.3 Å². The number of primary amides is 1. The molecule has 2 atom stereocenters. The summed E-state index contributed by atoms with van der Waals surface area (Å²) < 4.78 is 4.85. The van der Waals surface area contributed by atoms with Gasteiger partial charge in [-0.05, 0) is 38.3 Å². The van der Waals surface area contributed by atoms with Gasteiger partial charge in [-0.15, -0.1) is 10.2 Å². The maximum atomic E-state index is 11.8. The summed E-state index contributed by atoms with van der Waals surface area (Å²) in [5.74, 6) is 0.304. The number of aliphatic hydroxyl groups excluding tert-OH is 1. The number of rotatable bonds is 6. The number of aryl methyl sites for hydroxylation is 1. The minimum atomic E-state index is -0.907. The van der Waals surface area contributed by atoms with Crippen LogP contribution in [-0.4, -0.2) is 44.3 Å². The first-order valence-electron chi connectivity index (χ1n) is 9.02. The first-order chi connectivity index (χ1) is 12.5. The molecule has 1 fully saturated rings. The molecule has 1 amide bonds. The number of carbonyl (C=O) groups excluding carboxylic acids is 1. The molecule has 7 heteroatoms. The predicted molar refractivity (Wildman–Crippen MR) is 98.0 cm³/mol. The average Bonchev–Trinajstić information content (AvgIpc) is 3.27. The predicted octanol–water partition coefficient (Wildman–Crippen LogP) is 1.91. The van der Waals surface area contributed by atoms with Crippen molar-refractivity contribution in [1.82, 2.24) is 15.1 Å². The molecule has 0 saturated carbocycles. The number of benzene rings is 1. The van der Waals surface area contributed by atoms with Crippen LogP contribution < -0.4 is 5.73 Å². The summed E-state index contributed by atoms with van der Waals surface area (Å²) in [7, 11) is 0. The van der Waals surface area contributed by atoms with Crippen molar-refractivity contribution in [2.24, 2.45) is 5.73 Å². The first-order valence-corrected chi connectivity index (χ1v) is 9.02. The van der Waals surface area contributed by atoms with Crippen LogP contribution in [0.2, 0.25) is 0 Å². The van der Waals surface area contributed by atoms with Crippen molar-refractivity contribution in [3.05, 3.63) is 48.2 Å². The van der Waals surface area contributed by atoms with Crippen molar-refractivity contribution in [2.45, 2.75) is 57.7 Å². The summed E-state index contributed by atoms with van der Waals surface area (Å²) in [5.41, 5.74) is 5.76. The van der Waals surface area contributed by atoms with Crippen molar-refractivity contribution in [2.75, 3.05) is 6.54 Å². The van der Waals surface area contributed by atoms with Gasteiger partial charge in [0.25, 0.3) is 0 Å². The number of aromatic nitrogens is 2. The van der Waals surface area contributed by atoms with Crippen molar-refractivity contribution in [3.63, 3.8) is 0 Å². The standard InChI is InChI=1S/C14H20N2O2.C5H8N2O/c1-11(17)14(13(15)18)8-5-9-16(14)10-12-6-3-2-4-7-12;1-2-3-5-7-6-4-8-5/h2-4,6-7,11,17H,5,8-10H2,1H3,(H2,15,18);4H,2-3H2,1H3. The Morgan fingerprint density at radius 3 is 2.69 bits per heavy atom. The Labute approximate surface area is 154 Å². The summed E-state index contributed by atoms with van der Waals surface area (Å²) in [6.07, 6.45) is 4.07. The zero-order chi connectivity index (χ0) is 19.0. The van der Waals surface area contributed by atoms with Crippen LogP contribution in [0.3, 0.4) is 0 Å². The molecule has 3 rings (SSSR count). The quantitative estimate of drug-likeness (QED) is 0.815. The first kappa shape index (κ1) is 20.1. The molecule has 0 spiro atoms. The van der Waals surface area contributed by atoms with Gasteiger partial charge in [0.1, 0.15) is 5.54 Å². The lowest BCUT2D eigenvalue weighted by molar-refractivity contribution is -0.135. The minimum Gasteiger partial charge on any atom is -0.428 e. The lowest BCUT2D eigenvalue weighted by Crippen LogP contribution is -2.60. The normalized spacial score (nSPS) is 21.0. The molecule has 1 aromatic heterocycles. The zero-order valence-electron chi connectivity index (χ0n) is 15.5. The number of nitrogens with zero attached hydrogens (tertiary/aromatic N) is 3. The second-order valence-electron chi connectivity index (χ2n) is 6.56. The number of aliphatic hydroxyl groups is 1. The van der Waals surface area contributed by atoms with E-state index in [9.17, 15) is 9.90 Å². The Hall–Kier alpha value is -2.25. The third-order valence-corrected chi connectivity index (χ3v) is 4.75. The van der Waals surface area contributed by atoms with E-state index in [1.807, 2.05) is 35.2 Å². The number of amides is 1. The number of carbonyl (C=O) groups is 1. The molecule has 0 bridgehead atoms. The Bertz CT molecular complexity index is 661. The number of nitrogens with two attached hydrogens (primary N) is 1. The summed E-state index contributed by atoms with van der Waals surface area (Å²) >= 11 is 0. The van der Waals surface area contributed by atoms with E-state index in [1.54, 1.807) is 6.92 Å². The maximum absolute atomic E-state index is 11.8. The van der Waals surface area contributed by atoms with Gasteiger partial charge >= 0.3 is 0 Å². The lowest BCUT2D eigenvalue weighted by Gasteiger charge is -2.38. The molecule has 26 heavy (non-hydrogen) atoms. The fourth-order valence-electron chi connectivity index (χ4n) is 3.40. The summed E-state index contributed by atoms with van der Waals surface area (Å²) in [6.45, 7) is 5.16. The molecule has 2 heterocycles. The Morgan fingerprint density at radius 1 is 1.42 bits per heavy atom. The molecule has 0 aliphatic carbocycles. The second-order valence-corrected chi connectivity index (χ2v) is 6.56. The van der Waals surface area contributed by atoms with E-state index in [-0.39, 0.29) is 0 Å². The van der Waals surface area contributed by atoms with E-state index in [2.05, 4.69) is 17.1 Å². The van der Waals surface area contributed by atoms with E-state index in [0.717, 1.165) is 37.3 Å². The molecule has 1 aliphatic heterocycles. The number of hydrogen-bond donors (Lipinski definition) is 2. The summed E-state index contributed by atoms with van der Waals surface area (Å²) in [5, 5.41) is 17.2. The maximum Gasteiger partial charge on any atom is 0.240 e. The molecule has 1 saturated heterocycles. The van der Waals surface area contributed by atoms with Gasteiger partial charge in [0.15, 0.2) is 0 Å². The van der Waals surface area contributed by atoms with Crippen LogP contribution in [-0.2, 0) is 17.8 Å². The van der Waals surface area contributed by atoms with Crippen LogP contribution in [0.25, 0.3) is 0 Å². The van der Waals surface area contributed by atoms with Crippen LogP contribution in [0.5, 0.6) is 0 Å². The molecular weight excluding hydrogens is 332 g/mol. The van der Waals surface area contributed by atoms with E-state index < -0.39 is 17.6 Å². The van der Waals surface area contributed by atoms with Gasteiger partial charge in [0.2, 0.25) is 18.2 Å². The van der Waals surface area contributed by atoms with E-state index in [1.165, 1.54) is 6.39 Å². The smallest absolute Gasteiger partial charge is 0.240 e. The average molecular weight is 360 g/mol. The fourth-order valence-corrected chi connectivity index (χ4v) is 3.40. The lowest BCUT2D eigenvalue weighted by atomic mass is 9.89. The van der Waals surface area contributed by atoms with Crippen LogP contribution in [0.15, 0.2) is 41.1 Å². The van der Waals surface area contributed by atoms with Gasteiger partial charge < -0.3 is 15.3 Å². The summed E-state index contributed by atoms with van der Waals surface area (Å²) in [6, 6.07) is 9.95. The number of likely N-dealkylation sites (tertiary alicyclic amines) is 1. The van der Waals surface area contributed by atoms with Gasteiger partial charge in [0.05, 0.1) is 6.10 Å². The van der Waals surface area contributed by atoms with Crippen molar-refractivity contribution >= 4 is 5.91 Å². The third kappa shape index (κ3) is 4.68. The van der Waals surface area contributed by atoms with Crippen LogP contribution in [0.1, 0.15) is 44.6 Å². The largest absolute Gasteiger partial charge is 0.428 e. The van der Waals surface area contributed by atoms with Crippen molar-refractivity contribution in [1.29, 1.82) is 0 Å². The van der Waals surface area contributed by atoms with E-state index in [0.29, 0.717) is 13.0 Å². The zero-order valence-corrected chi connectivity index (χ0v) is 15.5. The SMILES string of the molecule is CC(O)C1(C(N)=O)CCCN1Cc1ccccc1.CCCc1nnco1. The van der Waals surface area contributed by atoms with Crippen LogP contribution in [0.4, 0.5) is 0 Å². The van der Waals surface area contributed by atoms with Gasteiger partial charge in [-0.2, -0.15) is 0 Å². The van der Waals surface area contributed by atoms with Gasteiger partial charge in [-0.3, -0.25) is 9.69 Å². The van der Waals surface area contributed by atoms with E-state index in [4.69, 9.17) is 10.2 Å². The second kappa shape index (κ2) is 9.45. The molecule has 1 aliphatic rings. The van der Waals surface area contributed by atoms with Gasteiger partial charge in [0, 0.05) is 13.0 Å². The molecule has 0 radical (unpaired) electrons. The summed E-state index contributed by atoms with van der Waals surface area (Å²) in [4.78, 5) is 13.8. The van der Waals surface area contributed by atoms with Gasteiger partial charge in [-0.25, -0.2) is 0 Å². The van der Waals surface area contributed by atoms with Crippen molar-refractivity contribution in [3.8, 4) is 0 Å². The highest BCUT2D eigenvalue weighted by atomic mass is 16.4. The topological polar surface area (TPSA) is 105 Å². The van der Waals surface area contributed by atoms with E-state index >= 15 is 0 Å². The van der Waals surface area contributed by atoms with Crippen LogP contribution in [0, 0.1) is 0 Å². The Kier molecular flexibility index (Phi) is 7.29. The molecule has 1 aromatic carbocycles. The Morgan fingerprint density at radius 2 is 2.15 bits per heavy atom. The molecule has 3 N–H and O–H groups in total. The molecule has 2 unspecified atom stereocenters. The number of hydrogen-bond acceptors (Lipinski definition) is 6. The Balaban J connectivity index is 0.000000254. The van der Waals surface area contributed by atoms with Crippen molar-refractivity contribution < 1.29 is 14.3 Å². The monoisotopic (exact) mass is 360 g/mol. The molecule has 142 valence electrons. The highest BCUT2D eigenvalue weighted by molar-refractivity contribution is 5.85. The molecule has 2 aromatic rings. The highest BCUT2D eigenvalue weighted by Gasteiger charge is 2.49.